The van der Waals surface area contributed by atoms with E-state index in [4.69, 9.17) is 5.11 Å². The van der Waals surface area contributed by atoms with Gasteiger partial charge in [0, 0.05) is 32.8 Å². The molecule has 1 rings (SSSR count). The number of aliphatic hydroxyl groups is 1. The second-order valence-electron chi connectivity index (χ2n) is 5.85. The first kappa shape index (κ1) is 23.7. The van der Waals surface area contributed by atoms with Gasteiger partial charge in [0.05, 0.1) is 0 Å². The van der Waals surface area contributed by atoms with Crippen LogP contribution in [-0.2, 0) is 0 Å². The Bertz CT molecular complexity index is 191. The summed E-state index contributed by atoms with van der Waals surface area (Å²) in [6, 6.07) is 0. The van der Waals surface area contributed by atoms with Crippen LogP contribution in [0, 0.1) is 0 Å². The molecule has 1 saturated heterocycles. The second-order valence-corrected chi connectivity index (χ2v) is 5.85. The standard InChI is InChI=1S/C16H34N2O.2ClH/c19-16-10-8-6-4-2-1-3-5-7-9-13-18-14-11-17-12-15-18;;/h17,19H,1-16H2;2*1H. The molecule has 0 aliphatic carbocycles. The summed E-state index contributed by atoms with van der Waals surface area (Å²) >= 11 is 0. The van der Waals surface area contributed by atoms with E-state index in [1.54, 1.807) is 0 Å². The summed E-state index contributed by atoms with van der Waals surface area (Å²) in [4.78, 5) is 2.59. The zero-order valence-electron chi connectivity index (χ0n) is 13.5. The molecule has 0 radical (unpaired) electrons. The van der Waals surface area contributed by atoms with Gasteiger partial charge in [-0.25, -0.2) is 0 Å². The monoisotopic (exact) mass is 342 g/mol. The maximum atomic E-state index is 8.68. The molecule has 21 heavy (non-hydrogen) atoms. The molecule has 1 heterocycles. The van der Waals surface area contributed by atoms with Gasteiger partial charge in [0.2, 0.25) is 0 Å². The van der Waals surface area contributed by atoms with E-state index >= 15 is 0 Å². The fourth-order valence-corrected chi connectivity index (χ4v) is 2.80. The molecule has 0 aromatic rings. The zero-order valence-corrected chi connectivity index (χ0v) is 15.2. The van der Waals surface area contributed by atoms with E-state index in [2.05, 4.69) is 10.2 Å². The van der Waals surface area contributed by atoms with Crippen molar-refractivity contribution in [3.63, 3.8) is 0 Å². The second kappa shape index (κ2) is 18.5. The first-order chi connectivity index (χ1) is 9.43. The SMILES string of the molecule is Cl.Cl.OCCCCCCCCCCCCN1CCNCC1. The van der Waals surface area contributed by atoms with Gasteiger partial charge in [-0.3, -0.25) is 0 Å². The van der Waals surface area contributed by atoms with Crippen molar-refractivity contribution in [2.24, 2.45) is 0 Å². The smallest absolute Gasteiger partial charge is 0.0431 e. The van der Waals surface area contributed by atoms with Gasteiger partial charge in [-0.1, -0.05) is 51.4 Å². The highest BCUT2D eigenvalue weighted by Gasteiger charge is 2.07. The van der Waals surface area contributed by atoms with Gasteiger partial charge >= 0.3 is 0 Å². The van der Waals surface area contributed by atoms with E-state index < -0.39 is 0 Å². The Morgan fingerprint density at radius 3 is 1.57 bits per heavy atom. The Kier molecular flexibility index (Phi) is 20.9. The number of nitrogens with one attached hydrogen (secondary N) is 1. The van der Waals surface area contributed by atoms with Crippen molar-refractivity contribution in [2.45, 2.75) is 64.2 Å². The molecule has 0 bridgehead atoms. The molecule has 1 aliphatic heterocycles. The Labute approximate surface area is 144 Å². The third-order valence-corrected chi connectivity index (χ3v) is 4.09. The van der Waals surface area contributed by atoms with Crippen LogP contribution in [0.4, 0.5) is 0 Å². The number of hydrogen-bond donors (Lipinski definition) is 2. The molecular weight excluding hydrogens is 307 g/mol. The minimum absolute atomic E-state index is 0. The summed E-state index contributed by atoms with van der Waals surface area (Å²) in [5.41, 5.74) is 0. The van der Waals surface area contributed by atoms with Crippen LogP contribution >= 0.6 is 24.8 Å². The van der Waals surface area contributed by atoms with Crippen molar-refractivity contribution in [2.75, 3.05) is 39.3 Å². The first-order valence-corrected chi connectivity index (χ1v) is 8.47. The van der Waals surface area contributed by atoms with Gasteiger partial charge < -0.3 is 15.3 Å². The number of rotatable bonds is 12. The lowest BCUT2D eigenvalue weighted by Crippen LogP contribution is -2.43. The number of aliphatic hydroxyl groups excluding tert-OH is 1. The minimum atomic E-state index is 0. The summed E-state index contributed by atoms with van der Waals surface area (Å²) in [6.45, 7) is 6.52. The van der Waals surface area contributed by atoms with Crippen LogP contribution in [0.25, 0.3) is 0 Å². The number of unbranched alkanes of at least 4 members (excludes halogenated alkanes) is 9. The lowest BCUT2D eigenvalue weighted by Gasteiger charge is -2.27. The van der Waals surface area contributed by atoms with Crippen molar-refractivity contribution < 1.29 is 5.11 Å². The van der Waals surface area contributed by atoms with E-state index in [0.29, 0.717) is 6.61 Å². The van der Waals surface area contributed by atoms with Crippen LogP contribution in [0.15, 0.2) is 0 Å². The molecule has 0 saturated carbocycles. The Morgan fingerprint density at radius 2 is 1.10 bits per heavy atom. The molecule has 0 aromatic carbocycles. The molecule has 0 spiro atoms. The fraction of sp³-hybridized carbons (Fsp3) is 1.00. The van der Waals surface area contributed by atoms with Crippen molar-refractivity contribution in [1.82, 2.24) is 10.2 Å². The van der Waals surface area contributed by atoms with Crippen molar-refractivity contribution in [1.29, 1.82) is 0 Å². The Morgan fingerprint density at radius 1 is 0.667 bits per heavy atom. The number of nitrogens with zero attached hydrogens (tertiary/aromatic N) is 1. The highest BCUT2D eigenvalue weighted by atomic mass is 35.5. The summed E-state index contributed by atoms with van der Waals surface area (Å²) in [7, 11) is 0. The molecule has 5 heteroatoms. The van der Waals surface area contributed by atoms with Crippen LogP contribution in [0.5, 0.6) is 0 Å². The van der Waals surface area contributed by atoms with Gasteiger partial charge in [-0.2, -0.15) is 0 Å². The van der Waals surface area contributed by atoms with E-state index in [0.717, 1.165) is 6.42 Å². The Hall–Kier alpha value is 0.460. The lowest BCUT2D eigenvalue weighted by molar-refractivity contribution is 0.236. The van der Waals surface area contributed by atoms with Gasteiger partial charge in [-0.15, -0.1) is 24.8 Å². The molecule has 1 fully saturated rings. The molecule has 0 amide bonds. The topological polar surface area (TPSA) is 35.5 Å². The summed E-state index contributed by atoms with van der Waals surface area (Å²) in [5.74, 6) is 0. The van der Waals surface area contributed by atoms with Gasteiger partial charge in [-0.05, 0) is 19.4 Å². The van der Waals surface area contributed by atoms with E-state index in [-0.39, 0.29) is 24.8 Å². The normalized spacial score (nSPS) is 15.3. The van der Waals surface area contributed by atoms with E-state index in [1.807, 2.05) is 0 Å². The third-order valence-electron chi connectivity index (χ3n) is 4.09. The largest absolute Gasteiger partial charge is 0.396 e. The Balaban J connectivity index is 0. The predicted molar refractivity (Wildman–Crippen MR) is 97.1 cm³/mol. The quantitative estimate of drug-likeness (QED) is 0.531. The number of halogens is 2. The van der Waals surface area contributed by atoms with Gasteiger partial charge in [0.25, 0.3) is 0 Å². The van der Waals surface area contributed by atoms with Crippen LogP contribution in [0.2, 0.25) is 0 Å². The van der Waals surface area contributed by atoms with Gasteiger partial charge in [0.1, 0.15) is 0 Å². The number of piperazine rings is 1. The lowest BCUT2D eigenvalue weighted by atomic mass is 10.1. The molecule has 0 unspecified atom stereocenters. The maximum Gasteiger partial charge on any atom is 0.0431 e. The average molecular weight is 343 g/mol. The summed E-state index contributed by atoms with van der Waals surface area (Å²) in [5, 5.41) is 12.1. The molecule has 2 N–H and O–H groups in total. The van der Waals surface area contributed by atoms with E-state index in [1.165, 1.54) is 90.5 Å². The highest BCUT2D eigenvalue weighted by molar-refractivity contribution is 5.85. The van der Waals surface area contributed by atoms with Crippen LogP contribution < -0.4 is 5.32 Å². The first-order valence-electron chi connectivity index (χ1n) is 8.47. The zero-order chi connectivity index (χ0) is 13.6. The van der Waals surface area contributed by atoms with E-state index in [9.17, 15) is 0 Å². The molecule has 0 aromatic heterocycles. The van der Waals surface area contributed by atoms with Crippen molar-refractivity contribution in [3.8, 4) is 0 Å². The minimum Gasteiger partial charge on any atom is -0.396 e. The fourth-order valence-electron chi connectivity index (χ4n) is 2.80. The predicted octanol–water partition coefficient (Wildman–Crippen LogP) is 3.63. The molecule has 0 atom stereocenters. The molecule has 3 nitrogen and oxygen atoms in total. The number of hydrogen-bond acceptors (Lipinski definition) is 3. The van der Waals surface area contributed by atoms with Gasteiger partial charge in [0.15, 0.2) is 0 Å². The van der Waals surface area contributed by atoms with Crippen molar-refractivity contribution in [3.05, 3.63) is 0 Å². The molecule has 130 valence electrons. The average Bonchev–Trinajstić information content (AvgIpc) is 2.46. The van der Waals surface area contributed by atoms with Crippen LogP contribution in [-0.4, -0.2) is 49.3 Å². The summed E-state index contributed by atoms with van der Waals surface area (Å²) < 4.78 is 0. The maximum absolute atomic E-state index is 8.68. The third kappa shape index (κ3) is 15.1. The summed E-state index contributed by atoms with van der Waals surface area (Å²) in [6.07, 6.45) is 13.3. The molecular formula is C16H36Cl2N2O. The van der Waals surface area contributed by atoms with Crippen molar-refractivity contribution >= 4 is 24.8 Å². The van der Waals surface area contributed by atoms with Crippen LogP contribution in [0.1, 0.15) is 64.2 Å². The van der Waals surface area contributed by atoms with Crippen LogP contribution in [0.3, 0.4) is 0 Å². The molecule has 1 aliphatic rings. The highest BCUT2D eigenvalue weighted by Crippen LogP contribution is 2.10.